The lowest BCUT2D eigenvalue weighted by Crippen LogP contribution is -2.51. The number of nitriles is 1. The molecule has 0 aliphatic rings. The Morgan fingerprint density at radius 1 is 1.38 bits per heavy atom. The van der Waals surface area contributed by atoms with E-state index in [1.165, 1.54) is 12.3 Å². The van der Waals surface area contributed by atoms with E-state index < -0.39 is 11.1 Å². The maximum Gasteiger partial charge on any atom is 0.224 e. The summed E-state index contributed by atoms with van der Waals surface area (Å²) in [5.74, 6) is 0.339. The van der Waals surface area contributed by atoms with Crippen LogP contribution in [0.1, 0.15) is 33.4 Å². The summed E-state index contributed by atoms with van der Waals surface area (Å²) in [4.78, 5) is 8.00. The first kappa shape index (κ1) is 12.4. The van der Waals surface area contributed by atoms with Crippen LogP contribution in [0.2, 0.25) is 0 Å². The average Bonchev–Trinajstić information content (AvgIpc) is 2.15. The third-order valence-corrected chi connectivity index (χ3v) is 2.72. The molecule has 5 nitrogen and oxygen atoms in total. The third kappa shape index (κ3) is 2.67. The molecule has 0 amide bonds. The van der Waals surface area contributed by atoms with Crippen LogP contribution in [0, 0.1) is 11.3 Å². The van der Waals surface area contributed by atoms with Gasteiger partial charge in [-0.25, -0.2) is 9.97 Å². The second-order valence-corrected chi connectivity index (χ2v) is 4.69. The van der Waals surface area contributed by atoms with E-state index >= 15 is 0 Å². The first-order valence-corrected chi connectivity index (χ1v) is 5.00. The minimum atomic E-state index is -0.932. The fourth-order valence-corrected chi connectivity index (χ4v) is 0.914. The van der Waals surface area contributed by atoms with Gasteiger partial charge in [0.25, 0.3) is 0 Å². The Morgan fingerprint density at radius 2 is 2.00 bits per heavy atom. The summed E-state index contributed by atoms with van der Waals surface area (Å²) in [6.07, 6.45) is 1.51. The summed E-state index contributed by atoms with van der Waals surface area (Å²) < 4.78 is 0. The van der Waals surface area contributed by atoms with E-state index in [1.54, 1.807) is 13.8 Å². The number of hydrogen-bond donors (Lipinski definition) is 2. The van der Waals surface area contributed by atoms with Crippen LogP contribution in [0.15, 0.2) is 12.3 Å². The van der Waals surface area contributed by atoms with E-state index in [1.807, 2.05) is 19.9 Å². The zero-order chi connectivity index (χ0) is 12.4. The van der Waals surface area contributed by atoms with Crippen molar-refractivity contribution in [3.8, 4) is 6.07 Å². The lowest BCUT2D eigenvalue weighted by atomic mass is 9.86. The number of anilines is 1. The van der Waals surface area contributed by atoms with Crippen molar-refractivity contribution < 1.29 is 5.11 Å². The summed E-state index contributed by atoms with van der Waals surface area (Å²) in [5.41, 5.74) is -1.23. The highest BCUT2D eigenvalue weighted by Crippen LogP contribution is 2.24. The molecule has 0 aliphatic carbocycles. The van der Waals surface area contributed by atoms with Crippen LogP contribution in [-0.2, 0) is 0 Å². The Labute approximate surface area is 95.2 Å². The predicted octanol–water partition coefficient (Wildman–Crippen LogP) is 1.31. The molecular formula is C11H16N4O. The topological polar surface area (TPSA) is 81.8 Å². The first-order valence-electron chi connectivity index (χ1n) is 5.00. The Hall–Kier alpha value is -1.67. The maximum absolute atomic E-state index is 9.95. The summed E-state index contributed by atoms with van der Waals surface area (Å²) >= 11 is 0. The predicted molar refractivity (Wildman–Crippen MR) is 60.7 cm³/mol. The van der Waals surface area contributed by atoms with Crippen LogP contribution < -0.4 is 5.32 Å². The van der Waals surface area contributed by atoms with Crippen molar-refractivity contribution in [2.75, 3.05) is 5.32 Å². The van der Waals surface area contributed by atoms with E-state index in [9.17, 15) is 5.11 Å². The largest absolute Gasteiger partial charge is 0.388 e. The van der Waals surface area contributed by atoms with Crippen molar-refractivity contribution >= 4 is 5.95 Å². The Bertz CT molecular complexity index is 415. The summed E-state index contributed by atoms with van der Waals surface area (Å²) in [6.45, 7) is 7.09. The van der Waals surface area contributed by atoms with Crippen LogP contribution in [0.3, 0.4) is 0 Å². The molecule has 0 atom stereocenters. The van der Waals surface area contributed by atoms with E-state index in [0.717, 1.165) is 0 Å². The van der Waals surface area contributed by atoms with Crippen LogP contribution in [0.4, 0.5) is 5.95 Å². The van der Waals surface area contributed by atoms with Crippen molar-refractivity contribution in [1.29, 1.82) is 5.26 Å². The number of rotatable bonds is 3. The van der Waals surface area contributed by atoms with Gasteiger partial charge in [-0.2, -0.15) is 5.26 Å². The molecule has 1 heterocycles. The van der Waals surface area contributed by atoms with Crippen molar-refractivity contribution in [1.82, 2.24) is 9.97 Å². The molecule has 16 heavy (non-hydrogen) atoms. The van der Waals surface area contributed by atoms with Crippen molar-refractivity contribution in [3.05, 3.63) is 18.0 Å². The summed E-state index contributed by atoms with van der Waals surface area (Å²) in [6, 6.07) is 3.47. The highest BCUT2D eigenvalue weighted by Gasteiger charge is 2.35. The van der Waals surface area contributed by atoms with Gasteiger partial charge in [0.05, 0.1) is 11.1 Å². The molecule has 0 radical (unpaired) electrons. The monoisotopic (exact) mass is 220 g/mol. The smallest absolute Gasteiger partial charge is 0.224 e. The molecule has 86 valence electrons. The van der Waals surface area contributed by atoms with Gasteiger partial charge in [-0.1, -0.05) is 0 Å². The Morgan fingerprint density at radius 3 is 2.50 bits per heavy atom. The van der Waals surface area contributed by atoms with Gasteiger partial charge in [0.15, 0.2) is 0 Å². The number of aliphatic hydroxyl groups is 1. The molecule has 0 aromatic carbocycles. The molecule has 0 saturated carbocycles. The average molecular weight is 220 g/mol. The van der Waals surface area contributed by atoms with E-state index in [0.29, 0.717) is 11.6 Å². The number of nitrogens with one attached hydrogen (secondary N) is 1. The molecule has 1 aromatic heterocycles. The summed E-state index contributed by atoms with van der Waals surface area (Å²) in [7, 11) is 0. The van der Waals surface area contributed by atoms with Crippen LogP contribution in [0.25, 0.3) is 0 Å². The molecule has 0 fully saturated rings. The highest BCUT2D eigenvalue weighted by molar-refractivity contribution is 5.33. The van der Waals surface area contributed by atoms with Crippen LogP contribution in [0.5, 0.6) is 0 Å². The molecule has 2 N–H and O–H groups in total. The van der Waals surface area contributed by atoms with Crippen molar-refractivity contribution in [2.24, 2.45) is 0 Å². The first-order chi connectivity index (χ1) is 7.26. The van der Waals surface area contributed by atoms with Gasteiger partial charge < -0.3 is 10.4 Å². The van der Waals surface area contributed by atoms with Crippen LogP contribution >= 0.6 is 0 Å². The fraction of sp³-hybridized carbons (Fsp3) is 0.545. The molecule has 0 aliphatic heterocycles. The molecule has 1 rings (SSSR count). The number of hydrogen-bond acceptors (Lipinski definition) is 5. The zero-order valence-corrected chi connectivity index (χ0v) is 9.94. The van der Waals surface area contributed by atoms with E-state index in [2.05, 4.69) is 15.3 Å². The molecular weight excluding hydrogens is 204 g/mol. The van der Waals surface area contributed by atoms with Crippen molar-refractivity contribution in [3.63, 3.8) is 0 Å². The third-order valence-electron chi connectivity index (χ3n) is 2.72. The quantitative estimate of drug-likeness (QED) is 0.802. The Kier molecular flexibility index (Phi) is 3.15. The second kappa shape index (κ2) is 4.06. The van der Waals surface area contributed by atoms with Gasteiger partial charge in [0, 0.05) is 6.20 Å². The number of aromatic nitrogens is 2. The minimum absolute atomic E-state index is 0.295. The van der Waals surface area contributed by atoms with Gasteiger partial charge in [-0.3, -0.25) is 0 Å². The SMILES string of the molecule is CC(C)(O)C(C)(C)Nc1nccc(C#N)n1. The normalized spacial score (nSPS) is 12.0. The zero-order valence-electron chi connectivity index (χ0n) is 9.94. The summed E-state index contributed by atoms with van der Waals surface area (Å²) in [5, 5.41) is 21.7. The standard InChI is InChI=1S/C11H16N4O/c1-10(2,11(3,4)16)15-9-13-6-5-8(7-12)14-9/h5-6,16H,1-4H3,(H,13,14,15). The van der Waals surface area contributed by atoms with E-state index in [4.69, 9.17) is 5.26 Å². The van der Waals surface area contributed by atoms with Gasteiger partial charge in [-0.15, -0.1) is 0 Å². The maximum atomic E-state index is 9.95. The minimum Gasteiger partial charge on any atom is -0.388 e. The van der Waals surface area contributed by atoms with Gasteiger partial charge >= 0.3 is 0 Å². The molecule has 5 heteroatoms. The van der Waals surface area contributed by atoms with E-state index in [-0.39, 0.29) is 0 Å². The van der Waals surface area contributed by atoms with Gasteiger partial charge in [-0.05, 0) is 33.8 Å². The highest BCUT2D eigenvalue weighted by atomic mass is 16.3. The molecule has 0 saturated heterocycles. The molecule has 0 bridgehead atoms. The Balaban J connectivity index is 2.93. The van der Waals surface area contributed by atoms with Crippen molar-refractivity contribution in [2.45, 2.75) is 38.8 Å². The second-order valence-electron chi connectivity index (χ2n) is 4.69. The lowest BCUT2D eigenvalue weighted by Gasteiger charge is -2.37. The molecule has 0 spiro atoms. The fourth-order valence-electron chi connectivity index (χ4n) is 0.914. The lowest BCUT2D eigenvalue weighted by molar-refractivity contribution is 0.0237. The van der Waals surface area contributed by atoms with Crippen LogP contribution in [-0.4, -0.2) is 26.2 Å². The van der Waals surface area contributed by atoms with Gasteiger partial charge in [0.2, 0.25) is 5.95 Å². The molecule has 0 unspecified atom stereocenters. The molecule has 1 aromatic rings. The number of nitrogens with zero attached hydrogens (tertiary/aromatic N) is 3. The van der Waals surface area contributed by atoms with Gasteiger partial charge in [0.1, 0.15) is 11.8 Å².